The quantitative estimate of drug-likeness (QED) is 0.900. The molecule has 0 aliphatic carbocycles. The van der Waals surface area contributed by atoms with Crippen molar-refractivity contribution in [2.75, 3.05) is 5.32 Å². The molecular formula is C16H19NO2. The smallest absolute Gasteiger partial charge is 0.291 e. The topological polar surface area (TPSA) is 42.2 Å². The van der Waals surface area contributed by atoms with Gasteiger partial charge in [-0.25, -0.2) is 0 Å². The van der Waals surface area contributed by atoms with Crippen molar-refractivity contribution in [3.05, 3.63) is 53.0 Å². The second kappa shape index (κ2) is 5.74. The molecule has 3 heteroatoms. The minimum Gasteiger partial charge on any atom is -0.456 e. The van der Waals surface area contributed by atoms with Gasteiger partial charge in [-0.2, -0.15) is 0 Å². The lowest BCUT2D eigenvalue weighted by molar-refractivity contribution is 0.0995. The summed E-state index contributed by atoms with van der Waals surface area (Å²) >= 11 is 0. The van der Waals surface area contributed by atoms with Gasteiger partial charge in [0.2, 0.25) is 0 Å². The highest BCUT2D eigenvalue weighted by molar-refractivity contribution is 6.03. The van der Waals surface area contributed by atoms with Crippen molar-refractivity contribution >= 4 is 11.6 Å². The van der Waals surface area contributed by atoms with Gasteiger partial charge in [-0.3, -0.25) is 4.79 Å². The Kier molecular flexibility index (Phi) is 4.05. The Bertz CT molecular complexity index is 584. The number of carbonyl (C=O) groups is 1. The number of hydrogen-bond donors (Lipinski definition) is 1. The molecule has 2 aromatic rings. The summed E-state index contributed by atoms with van der Waals surface area (Å²) in [5.41, 5.74) is 3.09. The predicted octanol–water partition coefficient (Wildman–Crippen LogP) is 3.97. The summed E-state index contributed by atoms with van der Waals surface area (Å²) in [6.07, 6.45) is 1.67. The van der Waals surface area contributed by atoms with Crippen LogP contribution in [0.25, 0.3) is 0 Å². The van der Waals surface area contributed by atoms with E-state index in [-0.39, 0.29) is 5.91 Å². The van der Waals surface area contributed by atoms with Crippen LogP contribution in [0.1, 0.15) is 41.3 Å². The Labute approximate surface area is 113 Å². The maximum Gasteiger partial charge on any atom is 0.291 e. The summed E-state index contributed by atoms with van der Waals surface area (Å²) in [6, 6.07) is 9.59. The van der Waals surface area contributed by atoms with Crippen LogP contribution in [-0.2, 0) is 12.8 Å². The molecule has 0 spiro atoms. The van der Waals surface area contributed by atoms with E-state index in [9.17, 15) is 4.79 Å². The number of amides is 1. The monoisotopic (exact) mass is 257 g/mol. The Balaban J connectivity index is 2.23. The molecule has 100 valence electrons. The SMILES string of the molecule is CCc1ccc(C(=O)Nc2c(C)cccc2CC)o1. The van der Waals surface area contributed by atoms with Gasteiger partial charge in [0.1, 0.15) is 5.76 Å². The summed E-state index contributed by atoms with van der Waals surface area (Å²) < 4.78 is 5.47. The third kappa shape index (κ3) is 2.87. The first-order valence-electron chi connectivity index (χ1n) is 6.64. The minimum absolute atomic E-state index is 0.191. The number of furan rings is 1. The van der Waals surface area contributed by atoms with Gasteiger partial charge in [0.05, 0.1) is 0 Å². The van der Waals surface area contributed by atoms with E-state index in [0.717, 1.165) is 35.4 Å². The Hall–Kier alpha value is -2.03. The second-order valence-electron chi connectivity index (χ2n) is 4.54. The highest BCUT2D eigenvalue weighted by Gasteiger charge is 2.13. The highest BCUT2D eigenvalue weighted by Crippen LogP contribution is 2.22. The van der Waals surface area contributed by atoms with Gasteiger partial charge < -0.3 is 9.73 Å². The zero-order chi connectivity index (χ0) is 13.8. The number of anilines is 1. The number of para-hydroxylation sites is 1. The molecular weight excluding hydrogens is 238 g/mol. The molecule has 0 atom stereocenters. The number of aryl methyl sites for hydroxylation is 3. The van der Waals surface area contributed by atoms with Crippen LogP contribution in [0.4, 0.5) is 5.69 Å². The van der Waals surface area contributed by atoms with E-state index in [2.05, 4.69) is 12.2 Å². The molecule has 1 aromatic heterocycles. The van der Waals surface area contributed by atoms with Gasteiger partial charge in [0.15, 0.2) is 5.76 Å². The summed E-state index contributed by atoms with van der Waals surface area (Å²) in [5.74, 6) is 0.997. The van der Waals surface area contributed by atoms with Gasteiger partial charge in [0.25, 0.3) is 5.91 Å². The van der Waals surface area contributed by atoms with E-state index >= 15 is 0 Å². The van der Waals surface area contributed by atoms with Crippen LogP contribution in [-0.4, -0.2) is 5.91 Å². The number of carbonyl (C=O) groups excluding carboxylic acids is 1. The molecule has 1 heterocycles. The van der Waals surface area contributed by atoms with Crippen molar-refractivity contribution < 1.29 is 9.21 Å². The van der Waals surface area contributed by atoms with E-state index in [4.69, 9.17) is 4.42 Å². The summed E-state index contributed by atoms with van der Waals surface area (Å²) in [7, 11) is 0. The van der Waals surface area contributed by atoms with Gasteiger partial charge in [0, 0.05) is 12.1 Å². The Morgan fingerprint density at radius 1 is 1.16 bits per heavy atom. The van der Waals surface area contributed by atoms with Crippen LogP contribution in [0.3, 0.4) is 0 Å². The molecule has 0 aliphatic heterocycles. The van der Waals surface area contributed by atoms with Crippen molar-refractivity contribution in [2.24, 2.45) is 0 Å². The van der Waals surface area contributed by atoms with E-state index in [1.807, 2.05) is 38.1 Å². The molecule has 0 saturated carbocycles. The van der Waals surface area contributed by atoms with Crippen LogP contribution in [0, 0.1) is 6.92 Å². The second-order valence-corrected chi connectivity index (χ2v) is 4.54. The maximum absolute atomic E-state index is 12.2. The first-order valence-corrected chi connectivity index (χ1v) is 6.64. The molecule has 0 fully saturated rings. The molecule has 1 amide bonds. The van der Waals surface area contributed by atoms with Crippen LogP contribution < -0.4 is 5.32 Å². The molecule has 0 bridgehead atoms. The summed E-state index contributed by atoms with van der Waals surface area (Å²) in [6.45, 7) is 6.07. The molecule has 19 heavy (non-hydrogen) atoms. The Morgan fingerprint density at radius 3 is 2.58 bits per heavy atom. The number of rotatable bonds is 4. The first-order chi connectivity index (χ1) is 9.15. The van der Waals surface area contributed by atoms with Crippen molar-refractivity contribution in [2.45, 2.75) is 33.6 Å². The minimum atomic E-state index is -0.191. The lowest BCUT2D eigenvalue weighted by Gasteiger charge is -2.11. The van der Waals surface area contributed by atoms with Crippen LogP contribution >= 0.6 is 0 Å². The zero-order valence-corrected chi connectivity index (χ0v) is 11.6. The van der Waals surface area contributed by atoms with Gasteiger partial charge in [-0.15, -0.1) is 0 Å². The summed E-state index contributed by atoms with van der Waals surface area (Å²) in [4.78, 5) is 12.2. The lowest BCUT2D eigenvalue weighted by atomic mass is 10.1. The van der Waals surface area contributed by atoms with Crippen LogP contribution in [0.2, 0.25) is 0 Å². The average molecular weight is 257 g/mol. The van der Waals surface area contributed by atoms with Crippen LogP contribution in [0.5, 0.6) is 0 Å². The fourth-order valence-corrected chi connectivity index (χ4v) is 2.07. The fourth-order valence-electron chi connectivity index (χ4n) is 2.07. The van der Waals surface area contributed by atoms with E-state index < -0.39 is 0 Å². The number of hydrogen-bond acceptors (Lipinski definition) is 2. The lowest BCUT2D eigenvalue weighted by Crippen LogP contribution is -2.13. The molecule has 1 N–H and O–H groups in total. The third-order valence-corrected chi connectivity index (χ3v) is 3.21. The Morgan fingerprint density at radius 2 is 1.95 bits per heavy atom. The molecule has 0 saturated heterocycles. The largest absolute Gasteiger partial charge is 0.456 e. The molecule has 0 aliphatic rings. The van der Waals surface area contributed by atoms with E-state index in [1.165, 1.54) is 0 Å². The predicted molar refractivity (Wildman–Crippen MR) is 76.6 cm³/mol. The van der Waals surface area contributed by atoms with Crippen molar-refractivity contribution in [1.29, 1.82) is 0 Å². The van der Waals surface area contributed by atoms with Crippen molar-refractivity contribution in [1.82, 2.24) is 0 Å². The van der Waals surface area contributed by atoms with Gasteiger partial charge in [-0.1, -0.05) is 32.0 Å². The average Bonchev–Trinajstić information content (AvgIpc) is 2.90. The van der Waals surface area contributed by atoms with E-state index in [0.29, 0.717) is 5.76 Å². The standard InChI is InChI=1S/C16H19NO2/c1-4-12-8-6-7-11(3)15(12)17-16(18)14-10-9-13(5-2)19-14/h6-10H,4-5H2,1-3H3,(H,17,18). The third-order valence-electron chi connectivity index (χ3n) is 3.21. The molecule has 1 aromatic carbocycles. The van der Waals surface area contributed by atoms with Gasteiger partial charge >= 0.3 is 0 Å². The molecule has 3 nitrogen and oxygen atoms in total. The molecule has 2 rings (SSSR count). The van der Waals surface area contributed by atoms with Crippen molar-refractivity contribution in [3.63, 3.8) is 0 Å². The summed E-state index contributed by atoms with van der Waals surface area (Å²) in [5, 5.41) is 2.95. The van der Waals surface area contributed by atoms with Crippen molar-refractivity contribution in [3.8, 4) is 0 Å². The van der Waals surface area contributed by atoms with Gasteiger partial charge in [-0.05, 0) is 36.6 Å². The number of benzene rings is 1. The maximum atomic E-state index is 12.2. The number of nitrogens with one attached hydrogen (secondary N) is 1. The first kappa shape index (κ1) is 13.4. The zero-order valence-electron chi connectivity index (χ0n) is 11.6. The molecule has 0 unspecified atom stereocenters. The van der Waals surface area contributed by atoms with E-state index in [1.54, 1.807) is 6.07 Å². The normalized spacial score (nSPS) is 10.5. The highest BCUT2D eigenvalue weighted by atomic mass is 16.3. The fraction of sp³-hybridized carbons (Fsp3) is 0.312. The molecule has 0 radical (unpaired) electrons. The van der Waals surface area contributed by atoms with Crippen LogP contribution in [0.15, 0.2) is 34.7 Å².